The largest absolute Gasteiger partial charge is 0.440 e. The Morgan fingerprint density at radius 3 is 2.60 bits per heavy atom. The first-order chi connectivity index (χ1) is 12.0. The number of hydrogen-bond donors (Lipinski definition) is 1. The summed E-state index contributed by atoms with van der Waals surface area (Å²) in [4.78, 5) is 5.18. The monoisotopic (exact) mass is 380 g/mol. The lowest BCUT2D eigenvalue weighted by atomic mass is 9.85. The lowest BCUT2D eigenvalue weighted by Crippen LogP contribution is -2.36. The molecule has 0 saturated heterocycles. The molecule has 136 valence electrons. The molecule has 0 atom stereocenters. The molecule has 5 nitrogen and oxygen atoms in total. The van der Waals surface area contributed by atoms with Gasteiger partial charge in [-0.3, -0.25) is 0 Å². The average molecular weight is 381 g/mol. The first-order valence-electron chi connectivity index (χ1n) is 9.09. The molecule has 1 N–H and O–H groups in total. The minimum atomic E-state index is -3.46. The van der Waals surface area contributed by atoms with Gasteiger partial charge in [0.2, 0.25) is 10.0 Å². The molecule has 2 aliphatic rings. The van der Waals surface area contributed by atoms with Crippen LogP contribution in [0.15, 0.2) is 27.0 Å². The van der Waals surface area contributed by atoms with Crippen molar-refractivity contribution in [2.45, 2.75) is 68.0 Å². The summed E-state index contributed by atoms with van der Waals surface area (Å²) in [5, 5.41) is 0. The smallest absolute Gasteiger partial charge is 0.250 e. The zero-order chi connectivity index (χ0) is 17.4. The van der Waals surface area contributed by atoms with Crippen molar-refractivity contribution < 1.29 is 12.8 Å². The highest BCUT2D eigenvalue weighted by molar-refractivity contribution is 7.91. The van der Waals surface area contributed by atoms with Gasteiger partial charge in [-0.25, -0.2) is 18.1 Å². The molecule has 0 unspecified atom stereocenters. The fourth-order valence-electron chi connectivity index (χ4n) is 3.50. The maximum absolute atomic E-state index is 12.6. The van der Waals surface area contributed by atoms with Gasteiger partial charge < -0.3 is 4.42 Å². The fourth-order valence-corrected chi connectivity index (χ4v) is 6.07. The van der Waals surface area contributed by atoms with Crippen molar-refractivity contribution in [1.29, 1.82) is 0 Å². The van der Waals surface area contributed by atoms with Crippen molar-refractivity contribution in [1.82, 2.24) is 9.71 Å². The van der Waals surface area contributed by atoms with Gasteiger partial charge in [0.15, 0.2) is 11.7 Å². The highest BCUT2D eigenvalue weighted by Gasteiger charge is 2.27. The number of aromatic nitrogens is 1. The molecule has 2 aromatic rings. The van der Waals surface area contributed by atoms with E-state index >= 15 is 0 Å². The summed E-state index contributed by atoms with van der Waals surface area (Å²) < 4.78 is 34.4. The number of rotatable bonds is 5. The predicted molar refractivity (Wildman–Crippen MR) is 98.1 cm³/mol. The highest BCUT2D eigenvalue weighted by Crippen LogP contribution is 2.38. The van der Waals surface area contributed by atoms with Crippen molar-refractivity contribution in [2.24, 2.45) is 5.92 Å². The van der Waals surface area contributed by atoms with E-state index in [1.807, 2.05) is 6.07 Å². The Bertz CT molecular complexity index is 828. The SMILES string of the molecule is CC1CCC(NS(=O)(=O)c2ccc(-c3cnc(C4CCC4)o3)s2)CC1. The first-order valence-corrected chi connectivity index (χ1v) is 11.4. The molecule has 2 saturated carbocycles. The molecule has 25 heavy (non-hydrogen) atoms. The number of nitrogens with zero attached hydrogens (tertiary/aromatic N) is 1. The molecular weight excluding hydrogens is 356 g/mol. The number of nitrogens with one attached hydrogen (secondary N) is 1. The topological polar surface area (TPSA) is 72.2 Å². The van der Waals surface area contributed by atoms with Gasteiger partial charge in [-0.1, -0.05) is 13.3 Å². The van der Waals surface area contributed by atoms with Gasteiger partial charge in [-0.2, -0.15) is 0 Å². The first kappa shape index (κ1) is 17.2. The van der Waals surface area contributed by atoms with Crippen LogP contribution in [0.5, 0.6) is 0 Å². The van der Waals surface area contributed by atoms with Crippen LogP contribution < -0.4 is 4.72 Å². The molecule has 2 aliphatic carbocycles. The molecule has 2 fully saturated rings. The van der Waals surface area contributed by atoms with Gasteiger partial charge in [0, 0.05) is 12.0 Å². The minimum Gasteiger partial charge on any atom is -0.440 e. The second kappa shape index (κ2) is 6.85. The maximum atomic E-state index is 12.6. The molecule has 0 aliphatic heterocycles. The Morgan fingerprint density at radius 1 is 1.16 bits per heavy atom. The molecule has 2 aromatic heterocycles. The Balaban J connectivity index is 1.47. The molecule has 7 heteroatoms. The summed E-state index contributed by atoms with van der Waals surface area (Å²) in [7, 11) is -3.46. The van der Waals surface area contributed by atoms with E-state index in [2.05, 4.69) is 16.6 Å². The van der Waals surface area contributed by atoms with E-state index in [1.54, 1.807) is 12.3 Å². The standard InChI is InChI=1S/C18H24N2O3S2/c1-12-5-7-14(8-6-12)20-25(21,22)17-10-9-16(24-17)15-11-19-18(23-15)13-3-2-4-13/h9-14,20H,2-8H2,1H3. The summed E-state index contributed by atoms with van der Waals surface area (Å²) in [6.07, 6.45) is 9.23. The van der Waals surface area contributed by atoms with Crippen LogP contribution in [-0.4, -0.2) is 19.4 Å². The van der Waals surface area contributed by atoms with E-state index in [0.717, 1.165) is 49.3 Å². The van der Waals surface area contributed by atoms with Crippen molar-refractivity contribution in [2.75, 3.05) is 0 Å². The van der Waals surface area contributed by atoms with Crippen molar-refractivity contribution in [3.8, 4) is 10.6 Å². The Hall–Kier alpha value is -1.18. The normalized spacial score (nSPS) is 25.0. The van der Waals surface area contributed by atoms with Crippen LogP contribution in [0.2, 0.25) is 0 Å². The van der Waals surface area contributed by atoms with Crippen LogP contribution in [0.1, 0.15) is 63.7 Å². The van der Waals surface area contributed by atoms with Crippen LogP contribution in [0, 0.1) is 5.92 Å². The van der Waals surface area contributed by atoms with Crippen LogP contribution in [-0.2, 0) is 10.0 Å². The fraction of sp³-hybridized carbons (Fsp3) is 0.611. The van der Waals surface area contributed by atoms with Gasteiger partial charge in [0.1, 0.15) is 4.21 Å². The van der Waals surface area contributed by atoms with Gasteiger partial charge in [0.25, 0.3) is 0 Å². The van der Waals surface area contributed by atoms with Gasteiger partial charge in [-0.05, 0) is 56.6 Å². The van der Waals surface area contributed by atoms with E-state index in [-0.39, 0.29) is 6.04 Å². The molecule has 0 aromatic carbocycles. The van der Waals surface area contributed by atoms with Crippen molar-refractivity contribution >= 4 is 21.4 Å². The third kappa shape index (κ3) is 3.68. The third-order valence-electron chi connectivity index (χ3n) is 5.40. The average Bonchev–Trinajstić information content (AvgIpc) is 3.17. The van der Waals surface area contributed by atoms with Crippen LogP contribution in [0.4, 0.5) is 0 Å². The predicted octanol–water partition coefficient (Wildman–Crippen LogP) is 4.53. The molecule has 0 radical (unpaired) electrons. The quantitative estimate of drug-likeness (QED) is 0.827. The number of hydrogen-bond acceptors (Lipinski definition) is 5. The lowest BCUT2D eigenvalue weighted by molar-refractivity contribution is 0.332. The summed E-state index contributed by atoms with van der Waals surface area (Å²) in [6, 6.07) is 3.54. The van der Waals surface area contributed by atoms with Gasteiger partial charge >= 0.3 is 0 Å². The number of thiophene rings is 1. The minimum absolute atomic E-state index is 0.0576. The molecule has 0 spiro atoms. The highest BCUT2D eigenvalue weighted by atomic mass is 32.2. The molecule has 0 bridgehead atoms. The zero-order valence-corrected chi connectivity index (χ0v) is 16.0. The summed E-state index contributed by atoms with van der Waals surface area (Å²) in [6.45, 7) is 2.23. The van der Waals surface area contributed by atoms with Crippen LogP contribution in [0.3, 0.4) is 0 Å². The van der Waals surface area contributed by atoms with Crippen molar-refractivity contribution in [3.63, 3.8) is 0 Å². The maximum Gasteiger partial charge on any atom is 0.250 e. The zero-order valence-electron chi connectivity index (χ0n) is 14.4. The summed E-state index contributed by atoms with van der Waals surface area (Å²) in [5.74, 6) is 2.59. The van der Waals surface area contributed by atoms with Gasteiger partial charge in [-0.15, -0.1) is 11.3 Å². The van der Waals surface area contributed by atoms with Crippen molar-refractivity contribution in [3.05, 3.63) is 24.2 Å². The summed E-state index contributed by atoms with van der Waals surface area (Å²) >= 11 is 1.25. The van der Waals surface area contributed by atoms with Crippen LogP contribution in [0.25, 0.3) is 10.6 Å². The van der Waals surface area contributed by atoms with E-state index in [1.165, 1.54) is 17.8 Å². The van der Waals surface area contributed by atoms with Crippen LogP contribution >= 0.6 is 11.3 Å². The summed E-state index contributed by atoms with van der Waals surface area (Å²) in [5.41, 5.74) is 0. The second-order valence-electron chi connectivity index (χ2n) is 7.39. The van der Waals surface area contributed by atoms with Gasteiger partial charge in [0.05, 0.1) is 11.1 Å². The lowest BCUT2D eigenvalue weighted by Gasteiger charge is -2.26. The third-order valence-corrected chi connectivity index (χ3v) is 8.52. The van der Waals surface area contributed by atoms with E-state index in [9.17, 15) is 8.42 Å². The Kier molecular flexibility index (Phi) is 4.73. The van der Waals surface area contributed by atoms with E-state index in [0.29, 0.717) is 21.8 Å². The number of oxazole rings is 1. The van der Waals surface area contributed by atoms with E-state index < -0.39 is 10.0 Å². The molecular formula is C18H24N2O3S2. The molecule has 4 rings (SSSR count). The number of sulfonamides is 1. The second-order valence-corrected chi connectivity index (χ2v) is 10.4. The van der Waals surface area contributed by atoms with E-state index in [4.69, 9.17) is 4.42 Å². The Labute approximate surface area is 152 Å². The Morgan fingerprint density at radius 2 is 1.92 bits per heavy atom. The molecule has 2 heterocycles. The molecule has 0 amide bonds.